The van der Waals surface area contributed by atoms with Gasteiger partial charge in [-0.3, -0.25) is 10.1 Å². The summed E-state index contributed by atoms with van der Waals surface area (Å²) in [7, 11) is 0. The number of hydrogen-bond donors (Lipinski definition) is 1. The van der Waals surface area contributed by atoms with Crippen molar-refractivity contribution >= 4 is 28.2 Å². The lowest BCUT2D eigenvalue weighted by Crippen LogP contribution is -2.05. The number of nitriles is 1. The molecule has 10 heteroatoms. The molecule has 4 aromatic rings. The number of nitro groups is 1. The molecule has 0 fully saturated rings. The van der Waals surface area contributed by atoms with E-state index in [4.69, 9.17) is 10.00 Å². The number of nitro benzene ring substituents is 1. The fourth-order valence-electron chi connectivity index (χ4n) is 4.34. The molecule has 0 radical (unpaired) electrons. The summed E-state index contributed by atoms with van der Waals surface area (Å²) < 4.78 is 21.8. The molecular weight excluding hydrogens is 451 g/mol. The van der Waals surface area contributed by atoms with Crippen LogP contribution in [0.5, 0.6) is 5.75 Å². The van der Waals surface area contributed by atoms with Gasteiger partial charge in [-0.15, -0.1) is 0 Å². The summed E-state index contributed by atoms with van der Waals surface area (Å²) in [6, 6.07) is 10.3. The van der Waals surface area contributed by atoms with E-state index >= 15 is 0 Å². The Hall–Kier alpha value is -4.52. The van der Waals surface area contributed by atoms with Gasteiger partial charge in [-0.1, -0.05) is 25.6 Å². The standard InChI is InChI=1S/C24H19FN6O3.CH4/c1-14-10-18(25)20(31(32)33)11-19(14)28-24-27-12-21(34-9-7-26)22(29-24)17-13-30-8-3-5-15-4-2-6-16(17)23(15)30;/h2,4,6,10-13H,3,5,8-9H2,1H3,(H,27,28,29);1H4. The van der Waals surface area contributed by atoms with Crippen molar-refractivity contribution in [1.82, 2.24) is 14.5 Å². The number of benzene rings is 2. The number of nitrogens with zero attached hydrogens (tertiary/aromatic N) is 5. The minimum absolute atomic E-state index is 0. The van der Waals surface area contributed by atoms with E-state index in [-0.39, 0.29) is 20.0 Å². The SMILES string of the molecule is C.Cc1cc(F)c([N+](=O)[O-])cc1Nc1ncc(OCC#N)c(-c2cn3c4c(cccc24)CCC3)n1. The zero-order valence-corrected chi connectivity index (χ0v) is 18.2. The number of halogens is 1. The molecule has 0 aliphatic carbocycles. The summed E-state index contributed by atoms with van der Waals surface area (Å²) >= 11 is 0. The first-order valence-electron chi connectivity index (χ1n) is 10.7. The van der Waals surface area contributed by atoms with Crippen LogP contribution in [0.3, 0.4) is 0 Å². The van der Waals surface area contributed by atoms with Gasteiger partial charge in [0, 0.05) is 29.8 Å². The first kappa shape index (κ1) is 23.6. The molecule has 0 saturated heterocycles. The lowest BCUT2D eigenvalue weighted by atomic mass is 10.0. The molecule has 2 aromatic heterocycles. The highest BCUT2D eigenvalue weighted by Crippen LogP contribution is 2.38. The second-order valence-corrected chi connectivity index (χ2v) is 8.01. The lowest BCUT2D eigenvalue weighted by Gasteiger charge is -2.14. The molecular formula is C25H23FN6O3. The van der Waals surface area contributed by atoms with E-state index in [9.17, 15) is 14.5 Å². The number of nitrogens with one attached hydrogen (secondary N) is 1. The Morgan fingerprint density at radius 3 is 2.97 bits per heavy atom. The van der Waals surface area contributed by atoms with Gasteiger partial charge in [0.1, 0.15) is 11.8 Å². The maximum absolute atomic E-state index is 14.0. The van der Waals surface area contributed by atoms with Crippen molar-refractivity contribution in [2.45, 2.75) is 33.7 Å². The Balaban J connectivity index is 0.00000289. The van der Waals surface area contributed by atoms with Gasteiger partial charge in [0.05, 0.1) is 22.3 Å². The Morgan fingerprint density at radius 1 is 1.37 bits per heavy atom. The summed E-state index contributed by atoms with van der Waals surface area (Å²) in [5, 5.41) is 24.1. The largest absolute Gasteiger partial charge is 0.475 e. The third-order valence-corrected chi connectivity index (χ3v) is 5.87. The van der Waals surface area contributed by atoms with Crippen molar-refractivity contribution in [2.24, 2.45) is 0 Å². The number of anilines is 2. The van der Waals surface area contributed by atoms with Crippen LogP contribution in [-0.4, -0.2) is 26.1 Å². The van der Waals surface area contributed by atoms with Gasteiger partial charge < -0.3 is 14.6 Å². The number of aryl methyl sites for hydroxylation is 3. The zero-order valence-electron chi connectivity index (χ0n) is 18.2. The van der Waals surface area contributed by atoms with E-state index in [0.29, 0.717) is 22.7 Å². The third-order valence-electron chi connectivity index (χ3n) is 5.87. The van der Waals surface area contributed by atoms with Crippen LogP contribution in [0.15, 0.2) is 42.7 Å². The molecule has 0 atom stereocenters. The first-order chi connectivity index (χ1) is 16.5. The van der Waals surface area contributed by atoms with Crippen LogP contribution in [0.25, 0.3) is 22.2 Å². The van der Waals surface area contributed by atoms with Crippen LogP contribution in [0.2, 0.25) is 0 Å². The van der Waals surface area contributed by atoms with Crippen molar-refractivity contribution in [3.8, 4) is 23.1 Å². The van der Waals surface area contributed by atoms with Gasteiger partial charge in [-0.2, -0.15) is 9.65 Å². The predicted molar refractivity (Wildman–Crippen MR) is 130 cm³/mol. The fraction of sp³-hybridized carbons (Fsp3) is 0.240. The number of aromatic nitrogens is 3. The van der Waals surface area contributed by atoms with E-state index in [1.54, 1.807) is 6.92 Å². The molecule has 9 nitrogen and oxygen atoms in total. The molecule has 0 saturated carbocycles. The second-order valence-electron chi connectivity index (χ2n) is 8.01. The average molecular weight is 474 g/mol. The summed E-state index contributed by atoms with van der Waals surface area (Å²) in [6.07, 6.45) is 5.52. The third kappa shape index (κ3) is 4.24. The average Bonchev–Trinajstić information content (AvgIpc) is 3.20. The molecule has 2 aromatic carbocycles. The smallest absolute Gasteiger partial charge is 0.306 e. The molecule has 1 aliphatic heterocycles. The van der Waals surface area contributed by atoms with Crippen molar-refractivity contribution in [3.63, 3.8) is 0 Å². The van der Waals surface area contributed by atoms with Crippen molar-refractivity contribution in [2.75, 3.05) is 11.9 Å². The molecule has 5 rings (SSSR count). The minimum Gasteiger partial charge on any atom is -0.475 e. The van der Waals surface area contributed by atoms with Crippen LogP contribution in [0, 0.1) is 34.2 Å². The van der Waals surface area contributed by atoms with Crippen LogP contribution in [0.4, 0.5) is 21.7 Å². The number of rotatable bonds is 6. The maximum atomic E-state index is 14.0. The number of ether oxygens (including phenoxy) is 1. The molecule has 35 heavy (non-hydrogen) atoms. The van der Waals surface area contributed by atoms with E-state index < -0.39 is 16.4 Å². The van der Waals surface area contributed by atoms with Crippen LogP contribution >= 0.6 is 0 Å². The van der Waals surface area contributed by atoms with E-state index in [1.807, 2.05) is 24.4 Å². The molecule has 1 N–H and O–H groups in total. The Bertz CT molecular complexity index is 1490. The molecule has 0 spiro atoms. The van der Waals surface area contributed by atoms with Crippen LogP contribution < -0.4 is 10.1 Å². The highest BCUT2D eigenvalue weighted by molar-refractivity contribution is 5.98. The van der Waals surface area contributed by atoms with Gasteiger partial charge in [-0.05, 0) is 37.0 Å². The summed E-state index contributed by atoms with van der Waals surface area (Å²) in [5.41, 5.74) is 3.86. The Morgan fingerprint density at radius 2 is 2.20 bits per heavy atom. The highest BCUT2D eigenvalue weighted by Gasteiger charge is 2.22. The van der Waals surface area contributed by atoms with Gasteiger partial charge in [0.2, 0.25) is 11.8 Å². The summed E-state index contributed by atoms with van der Waals surface area (Å²) in [5.74, 6) is -0.406. The van der Waals surface area contributed by atoms with E-state index in [2.05, 4.69) is 25.9 Å². The van der Waals surface area contributed by atoms with Gasteiger partial charge in [0.25, 0.3) is 0 Å². The molecule has 0 unspecified atom stereocenters. The Labute approximate surface area is 201 Å². The second kappa shape index (κ2) is 9.38. The maximum Gasteiger partial charge on any atom is 0.306 e. The van der Waals surface area contributed by atoms with Gasteiger partial charge in [0.15, 0.2) is 12.4 Å². The normalized spacial score (nSPS) is 12.0. The molecule has 0 bridgehead atoms. The topological polar surface area (TPSA) is 119 Å². The quantitative estimate of drug-likeness (QED) is 0.282. The van der Waals surface area contributed by atoms with Gasteiger partial charge >= 0.3 is 5.69 Å². The minimum atomic E-state index is -0.913. The first-order valence-corrected chi connectivity index (χ1v) is 10.7. The monoisotopic (exact) mass is 474 g/mol. The highest BCUT2D eigenvalue weighted by atomic mass is 19.1. The van der Waals surface area contributed by atoms with Crippen LogP contribution in [0.1, 0.15) is 25.0 Å². The van der Waals surface area contributed by atoms with Gasteiger partial charge in [-0.25, -0.2) is 9.97 Å². The molecule has 0 amide bonds. The number of para-hydroxylation sites is 1. The molecule has 178 valence electrons. The van der Waals surface area contributed by atoms with E-state index in [0.717, 1.165) is 48.0 Å². The van der Waals surface area contributed by atoms with Crippen molar-refractivity contribution < 1.29 is 14.1 Å². The summed E-state index contributed by atoms with van der Waals surface area (Å²) in [4.78, 5) is 19.3. The molecule has 1 aliphatic rings. The van der Waals surface area contributed by atoms with Crippen molar-refractivity contribution in [1.29, 1.82) is 5.26 Å². The molecule has 3 heterocycles. The zero-order chi connectivity index (χ0) is 23.8. The van der Waals surface area contributed by atoms with Crippen molar-refractivity contribution in [3.05, 3.63) is 69.8 Å². The summed E-state index contributed by atoms with van der Waals surface area (Å²) in [6.45, 7) is 2.35. The lowest BCUT2D eigenvalue weighted by molar-refractivity contribution is -0.387. The predicted octanol–water partition coefficient (Wildman–Crippen LogP) is 5.68. The van der Waals surface area contributed by atoms with Crippen LogP contribution in [-0.2, 0) is 13.0 Å². The fourth-order valence-corrected chi connectivity index (χ4v) is 4.34. The van der Waals surface area contributed by atoms with E-state index in [1.165, 1.54) is 11.8 Å². The Kier molecular flexibility index (Phi) is 6.34. The number of hydrogen-bond acceptors (Lipinski definition) is 7.